The summed E-state index contributed by atoms with van der Waals surface area (Å²) < 4.78 is 26.0. The molecule has 0 aromatic heterocycles. The number of hydrogen-bond donors (Lipinski definition) is 1. The minimum atomic E-state index is -1.19. The zero-order chi connectivity index (χ0) is 22.3. The zero-order valence-corrected chi connectivity index (χ0v) is 18.1. The number of nitrogens with zero attached hydrogens (tertiary/aromatic N) is 1. The summed E-state index contributed by atoms with van der Waals surface area (Å²) in [4.78, 5) is 25.6. The zero-order valence-electron chi connectivity index (χ0n) is 16.6. The third-order valence-electron chi connectivity index (χ3n) is 5.48. The summed E-state index contributed by atoms with van der Waals surface area (Å²) in [6.45, 7) is 1.45. The van der Waals surface area contributed by atoms with Gasteiger partial charge in [-0.25, -0.2) is 9.18 Å². The maximum absolute atomic E-state index is 15.0. The van der Waals surface area contributed by atoms with Crippen LogP contribution in [0.15, 0.2) is 30.3 Å². The molecule has 1 N–H and O–H groups in total. The first kappa shape index (κ1) is 21.9. The summed E-state index contributed by atoms with van der Waals surface area (Å²) in [5.74, 6) is -1.97. The van der Waals surface area contributed by atoms with Crippen molar-refractivity contribution < 1.29 is 28.6 Å². The number of rotatable bonds is 6. The average molecular weight is 468 g/mol. The SMILES string of the molecule is C[C@@H]1OCN(C(=O)c2cc(C3CC3)c(COc3cc(Cl)cc(Cl)c3)cc2F)[C@@H]1C(=O)O. The lowest BCUT2D eigenvalue weighted by Gasteiger charge is -2.22. The fraction of sp³-hybridized carbons (Fsp3) is 0.364. The van der Waals surface area contributed by atoms with Gasteiger partial charge in [0, 0.05) is 10.0 Å². The molecule has 1 aliphatic heterocycles. The Labute approximate surface area is 188 Å². The summed E-state index contributed by atoms with van der Waals surface area (Å²) in [7, 11) is 0. The highest BCUT2D eigenvalue weighted by molar-refractivity contribution is 6.34. The smallest absolute Gasteiger partial charge is 0.329 e. The molecule has 1 aliphatic carbocycles. The van der Waals surface area contributed by atoms with Crippen molar-refractivity contribution in [2.75, 3.05) is 6.73 Å². The standard InChI is InChI=1S/C22H20Cl2FNO5/c1-11-20(22(28)29)26(10-31-11)21(27)18-8-17(12-2-3-12)13(4-19(18)25)9-30-16-6-14(23)5-15(24)7-16/h4-8,11-12,20H,2-3,9-10H2,1H3,(H,28,29)/t11-,20-/m0/s1. The lowest BCUT2D eigenvalue weighted by molar-refractivity contribution is -0.142. The van der Waals surface area contributed by atoms with E-state index >= 15 is 0 Å². The van der Waals surface area contributed by atoms with Crippen LogP contribution in [0.5, 0.6) is 5.75 Å². The van der Waals surface area contributed by atoms with E-state index in [4.69, 9.17) is 32.7 Å². The Morgan fingerprint density at radius 3 is 2.48 bits per heavy atom. The van der Waals surface area contributed by atoms with Crippen LogP contribution in [0.2, 0.25) is 10.0 Å². The van der Waals surface area contributed by atoms with Crippen LogP contribution in [-0.2, 0) is 16.1 Å². The molecule has 1 saturated carbocycles. The van der Waals surface area contributed by atoms with E-state index in [1.54, 1.807) is 25.1 Å². The molecule has 164 valence electrons. The molecule has 9 heteroatoms. The molecular weight excluding hydrogens is 448 g/mol. The molecule has 6 nitrogen and oxygen atoms in total. The van der Waals surface area contributed by atoms with Crippen molar-refractivity contribution in [2.24, 2.45) is 0 Å². The molecule has 2 aromatic rings. The van der Waals surface area contributed by atoms with Gasteiger partial charge in [0.05, 0.1) is 11.7 Å². The van der Waals surface area contributed by atoms with E-state index < -0.39 is 29.8 Å². The molecule has 2 aromatic carbocycles. The van der Waals surface area contributed by atoms with E-state index in [0.717, 1.165) is 23.3 Å². The number of benzene rings is 2. The molecule has 0 spiro atoms. The number of carbonyl (C=O) groups is 2. The minimum absolute atomic E-state index is 0.0789. The fourth-order valence-corrected chi connectivity index (χ4v) is 4.27. The number of ether oxygens (including phenoxy) is 2. The Morgan fingerprint density at radius 2 is 1.87 bits per heavy atom. The first-order valence-corrected chi connectivity index (χ1v) is 10.6. The number of aliphatic carboxylic acids is 1. The quantitative estimate of drug-likeness (QED) is 0.656. The molecule has 1 amide bonds. The maximum Gasteiger partial charge on any atom is 0.329 e. The summed E-state index contributed by atoms with van der Waals surface area (Å²) in [5, 5.41) is 10.3. The Hall–Kier alpha value is -2.35. The largest absolute Gasteiger partial charge is 0.489 e. The third-order valence-corrected chi connectivity index (χ3v) is 5.91. The Kier molecular flexibility index (Phi) is 6.10. The van der Waals surface area contributed by atoms with Gasteiger partial charge in [0.1, 0.15) is 24.9 Å². The monoisotopic (exact) mass is 467 g/mol. The highest BCUT2D eigenvalue weighted by Gasteiger charge is 2.42. The highest BCUT2D eigenvalue weighted by Crippen LogP contribution is 2.43. The van der Waals surface area contributed by atoms with Gasteiger partial charge in [0.2, 0.25) is 0 Å². The molecule has 0 unspecified atom stereocenters. The summed E-state index contributed by atoms with van der Waals surface area (Å²) >= 11 is 12.0. The number of carboxylic acid groups (broad SMARTS) is 1. The molecule has 2 atom stereocenters. The molecule has 4 rings (SSSR count). The number of hydrogen-bond acceptors (Lipinski definition) is 4. The fourth-order valence-electron chi connectivity index (χ4n) is 3.76. The Balaban J connectivity index is 1.60. The van der Waals surface area contributed by atoms with Crippen LogP contribution in [0.25, 0.3) is 0 Å². The molecular formula is C22H20Cl2FNO5. The second-order valence-corrected chi connectivity index (χ2v) is 8.63. The minimum Gasteiger partial charge on any atom is -0.489 e. The van der Waals surface area contributed by atoms with Crippen LogP contribution in [0, 0.1) is 5.82 Å². The van der Waals surface area contributed by atoms with Crippen molar-refractivity contribution in [1.29, 1.82) is 0 Å². The van der Waals surface area contributed by atoms with E-state index in [0.29, 0.717) is 21.4 Å². The van der Waals surface area contributed by atoms with Gasteiger partial charge in [0.25, 0.3) is 5.91 Å². The van der Waals surface area contributed by atoms with Gasteiger partial charge < -0.3 is 14.6 Å². The van der Waals surface area contributed by atoms with E-state index in [-0.39, 0.29) is 24.8 Å². The van der Waals surface area contributed by atoms with Crippen LogP contribution in [-0.4, -0.2) is 40.8 Å². The van der Waals surface area contributed by atoms with Crippen molar-refractivity contribution in [3.05, 3.63) is 62.9 Å². The van der Waals surface area contributed by atoms with E-state index in [1.165, 1.54) is 12.1 Å². The molecule has 2 fully saturated rings. The topological polar surface area (TPSA) is 76.1 Å². The third kappa shape index (κ3) is 4.63. The molecule has 1 heterocycles. The van der Waals surface area contributed by atoms with E-state index in [9.17, 15) is 19.1 Å². The van der Waals surface area contributed by atoms with Crippen molar-refractivity contribution in [3.8, 4) is 5.75 Å². The number of carbonyl (C=O) groups excluding carboxylic acids is 1. The van der Waals surface area contributed by atoms with Crippen LogP contribution in [0.1, 0.15) is 47.2 Å². The number of amides is 1. The van der Waals surface area contributed by atoms with E-state index in [2.05, 4.69) is 0 Å². The van der Waals surface area contributed by atoms with Crippen molar-refractivity contribution >= 4 is 35.1 Å². The van der Waals surface area contributed by atoms with Crippen LogP contribution in [0.3, 0.4) is 0 Å². The van der Waals surface area contributed by atoms with Crippen molar-refractivity contribution in [1.82, 2.24) is 4.90 Å². The highest BCUT2D eigenvalue weighted by atomic mass is 35.5. The first-order chi connectivity index (χ1) is 14.7. The number of carboxylic acids is 1. The van der Waals surface area contributed by atoms with Gasteiger partial charge in [-0.1, -0.05) is 23.2 Å². The van der Waals surface area contributed by atoms with Gasteiger partial charge in [-0.3, -0.25) is 9.69 Å². The van der Waals surface area contributed by atoms with Crippen molar-refractivity contribution in [3.63, 3.8) is 0 Å². The Bertz CT molecular complexity index is 1020. The summed E-state index contributed by atoms with van der Waals surface area (Å²) in [5.41, 5.74) is 1.27. The lowest BCUT2D eigenvalue weighted by atomic mass is 9.98. The molecule has 1 saturated heterocycles. The van der Waals surface area contributed by atoms with Gasteiger partial charge in [-0.05, 0) is 67.1 Å². The predicted molar refractivity (Wildman–Crippen MR) is 112 cm³/mol. The van der Waals surface area contributed by atoms with Crippen LogP contribution < -0.4 is 4.74 Å². The maximum atomic E-state index is 15.0. The van der Waals surface area contributed by atoms with Crippen LogP contribution in [0.4, 0.5) is 4.39 Å². The second kappa shape index (κ2) is 8.65. The number of halogens is 3. The predicted octanol–water partition coefficient (Wildman–Crippen LogP) is 4.86. The van der Waals surface area contributed by atoms with Gasteiger partial charge in [-0.15, -0.1) is 0 Å². The first-order valence-electron chi connectivity index (χ1n) is 9.81. The van der Waals surface area contributed by atoms with Crippen LogP contribution >= 0.6 is 23.2 Å². The molecule has 0 bridgehead atoms. The lowest BCUT2D eigenvalue weighted by Crippen LogP contribution is -2.44. The molecule has 0 radical (unpaired) electrons. The Morgan fingerprint density at radius 1 is 1.19 bits per heavy atom. The summed E-state index contributed by atoms with van der Waals surface area (Å²) in [6.07, 6.45) is 1.18. The molecule has 31 heavy (non-hydrogen) atoms. The van der Waals surface area contributed by atoms with Gasteiger partial charge in [-0.2, -0.15) is 0 Å². The van der Waals surface area contributed by atoms with E-state index in [1.807, 2.05) is 0 Å². The molecule has 2 aliphatic rings. The van der Waals surface area contributed by atoms with Gasteiger partial charge in [0.15, 0.2) is 6.04 Å². The van der Waals surface area contributed by atoms with Gasteiger partial charge >= 0.3 is 5.97 Å². The normalized spacial score (nSPS) is 20.7. The second-order valence-electron chi connectivity index (χ2n) is 7.76. The average Bonchev–Trinajstić information content (AvgIpc) is 3.46. The summed E-state index contributed by atoms with van der Waals surface area (Å²) in [6, 6.07) is 6.44. The van der Waals surface area contributed by atoms with Crippen molar-refractivity contribution in [2.45, 2.75) is 44.4 Å².